The molecule has 3 nitrogen and oxygen atoms in total. The molecule has 3 N–H and O–H groups in total. The van der Waals surface area contributed by atoms with Crippen LogP contribution in [0.4, 0.5) is 14.5 Å². The van der Waals surface area contributed by atoms with Crippen LogP contribution in [-0.4, -0.2) is 5.91 Å². The van der Waals surface area contributed by atoms with Gasteiger partial charge in [0, 0.05) is 12.6 Å². The van der Waals surface area contributed by atoms with Crippen LogP contribution in [0, 0.1) is 11.6 Å². The van der Waals surface area contributed by atoms with Crippen LogP contribution < -0.4 is 11.1 Å². The molecule has 0 fully saturated rings. The van der Waals surface area contributed by atoms with Crippen molar-refractivity contribution >= 4 is 11.6 Å². The van der Waals surface area contributed by atoms with Crippen LogP contribution in [0.3, 0.4) is 0 Å². The van der Waals surface area contributed by atoms with Crippen molar-refractivity contribution in [1.82, 2.24) is 5.32 Å². The number of halogens is 2. The van der Waals surface area contributed by atoms with E-state index in [0.29, 0.717) is 6.07 Å². The lowest BCUT2D eigenvalue weighted by atomic mass is 10.1. The fourth-order valence-corrected chi connectivity index (χ4v) is 1.91. The number of nitrogens with one attached hydrogen (secondary N) is 1. The van der Waals surface area contributed by atoms with Crippen molar-refractivity contribution in [2.45, 2.75) is 19.9 Å². The zero-order chi connectivity index (χ0) is 15.4. The second-order valence-electron chi connectivity index (χ2n) is 4.71. The molecule has 2 aromatic carbocycles. The molecule has 0 atom stereocenters. The number of hydrogen-bond donors (Lipinski definition) is 2. The van der Waals surface area contributed by atoms with E-state index in [4.69, 9.17) is 5.73 Å². The van der Waals surface area contributed by atoms with Gasteiger partial charge in [0.15, 0.2) is 0 Å². The lowest BCUT2D eigenvalue weighted by Crippen LogP contribution is -2.24. The Morgan fingerprint density at radius 2 is 1.71 bits per heavy atom. The van der Waals surface area contributed by atoms with Gasteiger partial charge in [-0.3, -0.25) is 4.79 Å². The van der Waals surface area contributed by atoms with Gasteiger partial charge in [-0.25, -0.2) is 8.78 Å². The van der Waals surface area contributed by atoms with E-state index in [9.17, 15) is 13.6 Å². The summed E-state index contributed by atoms with van der Waals surface area (Å²) in [5.74, 6) is -2.43. The molecule has 2 aromatic rings. The third-order valence-electron chi connectivity index (χ3n) is 3.22. The van der Waals surface area contributed by atoms with Gasteiger partial charge in [-0.1, -0.05) is 31.2 Å². The lowest BCUT2D eigenvalue weighted by Gasteiger charge is -2.08. The van der Waals surface area contributed by atoms with Crippen LogP contribution in [0.15, 0.2) is 36.4 Å². The Morgan fingerprint density at radius 3 is 2.33 bits per heavy atom. The van der Waals surface area contributed by atoms with Crippen LogP contribution >= 0.6 is 0 Å². The topological polar surface area (TPSA) is 55.1 Å². The molecule has 0 radical (unpaired) electrons. The van der Waals surface area contributed by atoms with Gasteiger partial charge in [0.2, 0.25) is 0 Å². The summed E-state index contributed by atoms with van der Waals surface area (Å²) in [6.07, 6.45) is 0.937. The van der Waals surface area contributed by atoms with E-state index < -0.39 is 17.5 Å². The first-order valence-electron chi connectivity index (χ1n) is 6.61. The highest BCUT2D eigenvalue weighted by Gasteiger charge is 2.14. The van der Waals surface area contributed by atoms with Crippen molar-refractivity contribution in [1.29, 1.82) is 0 Å². The minimum absolute atomic E-state index is 0.256. The second kappa shape index (κ2) is 6.35. The Kier molecular flexibility index (Phi) is 4.52. The SMILES string of the molecule is CCc1ccc(CNC(=O)c2cc(N)c(F)cc2F)cc1. The minimum Gasteiger partial charge on any atom is -0.396 e. The molecule has 0 aliphatic rings. The summed E-state index contributed by atoms with van der Waals surface area (Å²) >= 11 is 0. The van der Waals surface area contributed by atoms with Crippen LogP contribution in [-0.2, 0) is 13.0 Å². The third-order valence-corrected chi connectivity index (χ3v) is 3.22. The smallest absolute Gasteiger partial charge is 0.254 e. The molecule has 0 saturated carbocycles. The molecule has 5 heteroatoms. The average Bonchev–Trinajstić information content (AvgIpc) is 2.49. The van der Waals surface area contributed by atoms with Gasteiger partial charge in [0.05, 0.1) is 11.3 Å². The van der Waals surface area contributed by atoms with Crippen LogP contribution in [0.2, 0.25) is 0 Å². The molecule has 0 saturated heterocycles. The number of aryl methyl sites for hydroxylation is 1. The summed E-state index contributed by atoms with van der Waals surface area (Å²) in [4.78, 5) is 11.9. The van der Waals surface area contributed by atoms with Crippen molar-refractivity contribution in [2.24, 2.45) is 0 Å². The first-order valence-corrected chi connectivity index (χ1v) is 6.61. The zero-order valence-electron chi connectivity index (χ0n) is 11.6. The number of carbonyl (C=O) groups is 1. The monoisotopic (exact) mass is 290 g/mol. The number of nitrogens with two attached hydrogens (primary N) is 1. The Balaban J connectivity index is 2.06. The van der Waals surface area contributed by atoms with Crippen molar-refractivity contribution in [3.63, 3.8) is 0 Å². The van der Waals surface area contributed by atoms with Gasteiger partial charge in [-0.05, 0) is 23.6 Å². The number of amides is 1. The molecular formula is C16H16F2N2O. The molecule has 0 aliphatic heterocycles. The van der Waals surface area contributed by atoms with Crippen LogP contribution in [0.1, 0.15) is 28.4 Å². The molecule has 0 aliphatic carbocycles. The summed E-state index contributed by atoms with van der Waals surface area (Å²) in [5, 5.41) is 2.58. The molecule has 21 heavy (non-hydrogen) atoms. The predicted octanol–water partition coefficient (Wildman–Crippen LogP) is 3.04. The summed E-state index contributed by atoms with van der Waals surface area (Å²) in [7, 11) is 0. The lowest BCUT2D eigenvalue weighted by molar-refractivity contribution is 0.0947. The predicted molar refractivity (Wildman–Crippen MR) is 77.8 cm³/mol. The van der Waals surface area contributed by atoms with E-state index >= 15 is 0 Å². The van der Waals surface area contributed by atoms with Gasteiger partial charge in [0.1, 0.15) is 11.6 Å². The largest absolute Gasteiger partial charge is 0.396 e. The molecule has 0 spiro atoms. The fraction of sp³-hybridized carbons (Fsp3) is 0.188. The van der Waals surface area contributed by atoms with Crippen molar-refractivity contribution in [3.05, 3.63) is 64.7 Å². The van der Waals surface area contributed by atoms with Crippen LogP contribution in [0.5, 0.6) is 0 Å². The van der Waals surface area contributed by atoms with Crippen molar-refractivity contribution in [3.8, 4) is 0 Å². The average molecular weight is 290 g/mol. The number of rotatable bonds is 4. The highest BCUT2D eigenvalue weighted by molar-refractivity contribution is 5.95. The quantitative estimate of drug-likeness (QED) is 0.850. The summed E-state index contributed by atoms with van der Waals surface area (Å²) < 4.78 is 26.6. The zero-order valence-corrected chi connectivity index (χ0v) is 11.6. The first-order chi connectivity index (χ1) is 10.0. The van der Waals surface area contributed by atoms with Gasteiger partial charge < -0.3 is 11.1 Å². The molecule has 1 amide bonds. The molecule has 0 unspecified atom stereocenters. The van der Waals surface area contributed by atoms with E-state index in [2.05, 4.69) is 12.2 Å². The van der Waals surface area contributed by atoms with Crippen molar-refractivity contribution in [2.75, 3.05) is 5.73 Å². The highest BCUT2D eigenvalue weighted by Crippen LogP contribution is 2.16. The van der Waals surface area contributed by atoms with E-state index in [1.807, 2.05) is 24.3 Å². The van der Waals surface area contributed by atoms with Gasteiger partial charge in [0.25, 0.3) is 5.91 Å². The molecule has 0 bridgehead atoms. The molecule has 0 aromatic heterocycles. The third kappa shape index (κ3) is 3.56. The summed E-state index contributed by atoms with van der Waals surface area (Å²) in [5.41, 5.74) is 6.92. The van der Waals surface area contributed by atoms with Crippen molar-refractivity contribution < 1.29 is 13.6 Å². The molecule has 0 heterocycles. The Hall–Kier alpha value is -2.43. The van der Waals surface area contributed by atoms with E-state index in [-0.39, 0.29) is 17.8 Å². The maximum atomic E-state index is 13.5. The first kappa shape index (κ1) is 15.0. The number of nitrogen functional groups attached to an aromatic ring is 1. The number of benzene rings is 2. The molecular weight excluding hydrogens is 274 g/mol. The summed E-state index contributed by atoms with van der Waals surface area (Å²) in [6, 6.07) is 9.35. The Bertz CT molecular complexity index is 654. The fourth-order valence-electron chi connectivity index (χ4n) is 1.91. The highest BCUT2D eigenvalue weighted by atomic mass is 19.1. The number of carbonyl (C=O) groups excluding carboxylic acids is 1. The van der Waals surface area contributed by atoms with Crippen LogP contribution in [0.25, 0.3) is 0 Å². The van der Waals surface area contributed by atoms with E-state index in [1.165, 1.54) is 5.56 Å². The van der Waals surface area contributed by atoms with Gasteiger partial charge >= 0.3 is 0 Å². The minimum atomic E-state index is -0.930. The van der Waals surface area contributed by atoms with Gasteiger partial charge in [-0.2, -0.15) is 0 Å². The van der Waals surface area contributed by atoms with E-state index in [0.717, 1.165) is 18.1 Å². The second-order valence-corrected chi connectivity index (χ2v) is 4.71. The standard InChI is InChI=1S/C16H16F2N2O/c1-2-10-3-5-11(6-4-10)9-20-16(21)12-7-15(19)14(18)8-13(12)17/h3-8H,2,9,19H2,1H3,(H,20,21). The number of hydrogen-bond acceptors (Lipinski definition) is 2. The maximum absolute atomic E-state index is 13.5. The molecule has 2 rings (SSSR count). The maximum Gasteiger partial charge on any atom is 0.254 e. The Labute approximate surface area is 121 Å². The summed E-state index contributed by atoms with van der Waals surface area (Å²) in [6.45, 7) is 2.32. The Morgan fingerprint density at radius 1 is 1.10 bits per heavy atom. The van der Waals surface area contributed by atoms with E-state index in [1.54, 1.807) is 0 Å². The molecule has 110 valence electrons. The van der Waals surface area contributed by atoms with Gasteiger partial charge in [-0.15, -0.1) is 0 Å². The normalized spacial score (nSPS) is 10.4. The number of anilines is 1.